The molecule has 0 radical (unpaired) electrons. The van der Waals surface area contributed by atoms with Crippen LogP contribution < -0.4 is 10.1 Å². The van der Waals surface area contributed by atoms with Gasteiger partial charge in [-0.1, -0.05) is 0 Å². The average molecular weight is 478 g/mol. The van der Waals surface area contributed by atoms with E-state index >= 15 is 0 Å². The summed E-state index contributed by atoms with van der Waals surface area (Å²) in [5, 5.41) is 3.47. The second-order valence-electron chi connectivity index (χ2n) is 7.28. The van der Waals surface area contributed by atoms with Crippen LogP contribution in [0.15, 0.2) is 21.1 Å². The molecule has 1 unspecified atom stereocenters. The van der Waals surface area contributed by atoms with Crippen molar-refractivity contribution in [1.82, 2.24) is 4.90 Å². The van der Waals surface area contributed by atoms with Crippen molar-refractivity contribution >= 4 is 43.6 Å². The summed E-state index contributed by atoms with van der Waals surface area (Å²) < 4.78 is 12.7. The normalized spacial score (nSPS) is 18.0. The van der Waals surface area contributed by atoms with Gasteiger partial charge in [-0.3, -0.25) is 0 Å². The third kappa shape index (κ3) is 6.06. The van der Waals surface area contributed by atoms with Crippen LogP contribution in [0.4, 0.5) is 10.5 Å². The van der Waals surface area contributed by atoms with Gasteiger partial charge in [0.1, 0.15) is 11.4 Å². The summed E-state index contributed by atoms with van der Waals surface area (Å²) in [5.74, 6) is 1.17. The minimum atomic E-state index is -0.457. The second kappa shape index (κ2) is 8.62. The lowest BCUT2D eigenvalue weighted by molar-refractivity contribution is 0.0172. The molecule has 5 nitrogen and oxygen atoms in total. The zero-order chi connectivity index (χ0) is 18.6. The second-order valence-corrected chi connectivity index (χ2v) is 8.99. The first kappa shape index (κ1) is 20.4. The molecule has 1 aliphatic rings. The molecule has 140 valence electrons. The number of hydrogen-bond donors (Lipinski definition) is 1. The van der Waals surface area contributed by atoms with Gasteiger partial charge in [0.2, 0.25) is 0 Å². The van der Waals surface area contributed by atoms with Crippen LogP contribution in [-0.2, 0) is 4.74 Å². The third-order valence-corrected chi connectivity index (χ3v) is 5.27. The number of anilines is 1. The van der Waals surface area contributed by atoms with Gasteiger partial charge < -0.3 is 19.7 Å². The van der Waals surface area contributed by atoms with E-state index < -0.39 is 5.60 Å². The number of methoxy groups -OCH3 is 1. The van der Waals surface area contributed by atoms with Gasteiger partial charge >= 0.3 is 6.09 Å². The number of carbonyl (C=O) groups is 1. The fourth-order valence-corrected chi connectivity index (χ4v) is 4.10. The number of ether oxygens (including phenoxy) is 2. The van der Waals surface area contributed by atoms with Crippen LogP contribution in [0.1, 0.15) is 33.6 Å². The zero-order valence-electron chi connectivity index (χ0n) is 15.2. The maximum Gasteiger partial charge on any atom is 0.410 e. The van der Waals surface area contributed by atoms with E-state index in [-0.39, 0.29) is 6.09 Å². The fraction of sp³-hybridized carbons (Fsp3) is 0.611. The summed E-state index contributed by atoms with van der Waals surface area (Å²) in [6.07, 6.45) is 1.87. The topological polar surface area (TPSA) is 50.8 Å². The van der Waals surface area contributed by atoms with Gasteiger partial charge in [0, 0.05) is 30.2 Å². The van der Waals surface area contributed by atoms with Crippen LogP contribution in [0.5, 0.6) is 5.75 Å². The first-order chi connectivity index (χ1) is 11.7. The monoisotopic (exact) mass is 476 g/mol. The van der Waals surface area contributed by atoms with Crippen LogP contribution >= 0.6 is 31.9 Å². The highest BCUT2D eigenvalue weighted by molar-refractivity contribution is 9.11. The van der Waals surface area contributed by atoms with Crippen LogP contribution in [0.2, 0.25) is 0 Å². The number of rotatable bonds is 4. The number of halogens is 2. The Labute approximate surface area is 166 Å². The molecule has 0 aromatic heterocycles. The molecule has 1 aromatic rings. The van der Waals surface area contributed by atoms with Gasteiger partial charge in [0.05, 0.1) is 17.3 Å². The highest BCUT2D eigenvalue weighted by Crippen LogP contribution is 2.34. The minimum absolute atomic E-state index is 0.219. The van der Waals surface area contributed by atoms with Crippen LogP contribution in [0.25, 0.3) is 0 Å². The first-order valence-electron chi connectivity index (χ1n) is 8.44. The van der Waals surface area contributed by atoms with E-state index in [1.54, 1.807) is 7.11 Å². The minimum Gasteiger partial charge on any atom is -0.495 e. The molecule has 1 aliphatic heterocycles. The Morgan fingerprint density at radius 2 is 2.04 bits per heavy atom. The number of nitrogens with zero attached hydrogens (tertiary/aromatic N) is 1. The predicted molar refractivity (Wildman–Crippen MR) is 107 cm³/mol. The van der Waals surface area contributed by atoms with Gasteiger partial charge in [0.15, 0.2) is 0 Å². The van der Waals surface area contributed by atoms with Crippen molar-refractivity contribution in [2.75, 3.05) is 32.1 Å². The highest BCUT2D eigenvalue weighted by atomic mass is 79.9. The average Bonchev–Trinajstić information content (AvgIpc) is 2.53. The number of nitrogens with one attached hydrogen (secondary N) is 1. The molecule has 1 fully saturated rings. The molecule has 25 heavy (non-hydrogen) atoms. The molecule has 1 aromatic carbocycles. The van der Waals surface area contributed by atoms with Gasteiger partial charge in [-0.05, 0) is 77.5 Å². The smallest absolute Gasteiger partial charge is 0.410 e. The lowest BCUT2D eigenvalue weighted by atomic mass is 9.98. The number of hydrogen-bond acceptors (Lipinski definition) is 4. The Morgan fingerprint density at radius 3 is 2.68 bits per heavy atom. The molecule has 7 heteroatoms. The summed E-state index contributed by atoms with van der Waals surface area (Å²) >= 11 is 7.05. The van der Waals surface area contributed by atoms with E-state index in [9.17, 15) is 4.79 Å². The van der Waals surface area contributed by atoms with Crippen molar-refractivity contribution in [2.24, 2.45) is 5.92 Å². The van der Waals surface area contributed by atoms with E-state index in [2.05, 4.69) is 37.2 Å². The van der Waals surface area contributed by atoms with Gasteiger partial charge in [-0.2, -0.15) is 0 Å². The molecule has 0 bridgehead atoms. The first-order valence-corrected chi connectivity index (χ1v) is 10.0. The van der Waals surface area contributed by atoms with Gasteiger partial charge in [-0.25, -0.2) is 4.79 Å². The quantitative estimate of drug-likeness (QED) is 0.640. The summed E-state index contributed by atoms with van der Waals surface area (Å²) in [4.78, 5) is 14.1. The van der Waals surface area contributed by atoms with Crippen molar-refractivity contribution in [3.05, 3.63) is 21.1 Å². The lowest BCUT2D eigenvalue weighted by Crippen LogP contribution is -2.44. The molecule has 0 spiro atoms. The zero-order valence-corrected chi connectivity index (χ0v) is 18.4. The molecular weight excluding hydrogens is 452 g/mol. The maximum atomic E-state index is 12.3. The van der Waals surface area contributed by atoms with Crippen LogP contribution in [0.3, 0.4) is 0 Å². The maximum absolute atomic E-state index is 12.3. The number of benzene rings is 1. The van der Waals surface area contributed by atoms with Crippen LogP contribution in [0, 0.1) is 5.92 Å². The molecule has 1 N–H and O–H groups in total. The van der Waals surface area contributed by atoms with Crippen molar-refractivity contribution in [3.8, 4) is 5.75 Å². The molecule has 0 saturated carbocycles. The molecule has 1 saturated heterocycles. The van der Waals surface area contributed by atoms with Gasteiger partial charge in [0.25, 0.3) is 0 Å². The van der Waals surface area contributed by atoms with E-state index in [0.29, 0.717) is 12.5 Å². The number of carbonyl (C=O) groups excluding carboxylic acids is 1. The molecule has 2 rings (SSSR count). The van der Waals surface area contributed by atoms with Gasteiger partial charge in [-0.15, -0.1) is 0 Å². The molecule has 1 amide bonds. The van der Waals surface area contributed by atoms with Crippen molar-refractivity contribution in [1.29, 1.82) is 0 Å². The molecule has 1 atom stereocenters. The Balaban J connectivity index is 1.94. The summed E-state index contributed by atoms with van der Waals surface area (Å²) in [5.41, 5.74) is 0.524. The molecule has 0 aliphatic carbocycles. The van der Waals surface area contributed by atoms with E-state index in [4.69, 9.17) is 9.47 Å². The highest BCUT2D eigenvalue weighted by Gasteiger charge is 2.27. The van der Waals surface area contributed by atoms with Crippen molar-refractivity contribution in [2.45, 2.75) is 39.2 Å². The summed E-state index contributed by atoms with van der Waals surface area (Å²) in [6.45, 7) is 7.96. The number of piperidine rings is 1. The van der Waals surface area contributed by atoms with Crippen molar-refractivity contribution in [3.63, 3.8) is 0 Å². The largest absolute Gasteiger partial charge is 0.495 e. The standard InChI is InChI=1S/C18H26Br2N2O3/c1-18(2,3)25-17(23)22-7-5-6-12(11-22)10-21-15-9-16(24-4)14(20)8-13(15)19/h8-9,12,21H,5-7,10-11H2,1-4H3. The summed E-state index contributed by atoms with van der Waals surface area (Å²) in [7, 11) is 1.65. The lowest BCUT2D eigenvalue weighted by Gasteiger charge is -2.34. The Bertz CT molecular complexity index is 617. The third-order valence-electron chi connectivity index (χ3n) is 3.99. The molecule has 1 heterocycles. The SMILES string of the molecule is COc1cc(NCC2CCCN(C(=O)OC(C)(C)C)C2)c(Br)cc1Br. The number of likely N-dealkylation sites (tertiary alicyclic amines) is 1. The van der Waals surface area contributed by atoms with E-state index in [1.807, 2.05) is 37.8 Å². The molecular formula is C18H26Br2N2O3. The van der Waals surface area contributed by atoms with E-state index in [1.165, 1.54) is 0 Å². The van der Waals surface area contributed by atoms with Crippen LogP contribution in [-0.4, -0.2) is 43.3 Å². The van der Waals surface area contributed by atoms with E-state index in [0.717, 1.165) is 46.3 Å². The summed E-state index contributed by atoms with van der Waals surface area (Å²) in [6, 6.07) is 3.93. The van der Waals surface area contributed by atoms with Crippen molar-refractivity contribution < 1.29 is 14.3 Å². The Kier molecular flexibility index (Phi) is 7.02. The fourth-order valence-electron chi connectivity index (χ4n) is 2.80. The Morgan fingerprint density at radius 1 is 1.32 bits per heavy atom. The Hall–Kier alpha value is -0.950. The predicted octanol–water partition coefficient (Wildman–Crippen LogP) is 5.28. The number of amides is 1.